The van der Waals surface area contributed by atoms with Crippen molar-refractivity contribution < 1.29 is 19.1 Å². The van der Waals surface area contributed by atoms with E-state index >= 15 is 0 Å². The summed E-state index contributed by atoms with van der Waals surface area (Å²) in [6, 6.07) is 17.3. The first-order chi connectivity index (χ1) is 14.1. The van der Waals surface area contributed by atoms with E-state index in [1.807, 2.05) is 73.7 Å². The number of ether oxygens (including phenoxy) is 1. The third-order valence-corrected chi connectivity index (χ3v) is 5.28. The first-order valence-corrected chi connectivity index (χ1v) is 9.76. The maximum atomic E-state index is 11.4. The highest BCUT2D eigenvalue weighted by molar-refractivity contribution is 5.79. The number of rotatable bonds is 7. The zero-order valence-corrected chi connectivity index (χ0v) is 16.3. The van der Waals surface area contributed by atoms with Gasteiger partial charge in [0.2, 0.25) is 11.5 Å². The molecule has 0 bridgehead atoms. The van der Waals surface area contributed by atoms with E-state index in [0.29, 0.717) is 30.9 Å². The molecular weight excluding hydrogens is 366 g/mol. The number of aromatic nitrogens is 1. The Hall–Kier alpha value is -3.34. The predicted octanol–water partition coefficient (Wildman–Crippen LogP) is 5.29. The molecule has 5 heteroatoms. The van der Waals surface area contributed by atoms with Crippen molar-refractivity contribution in [2.24, 2.45) is 0 Å². The second-order valence-corrected chi connectivity index (χ2v) is 7.32. The second-order valence-electron chi connectivity index (χ2n) is 7.32. The Labute approximate surface area is 169 Å². The fraction of sp³-hybridized carbons (Fsp3) is 0.250. The van der Waals surface area contributed by atoms with Crippen LogP contribution in [0, 0.1) is 6.92 Å². The summed E-state index contributed by atoms with van der Waals surface area (Å²) < 4.78 is 11.5. The van der Waals surface area contributed by atoms with E-state index in [2.05, 4.69) is 4.98 Å². The standard InChI is InChI=1S/C24H23NO4/c1-17-21(25-22(28-17)19-8-3-2-4-9-19)10-5-7-18-11-13-20(14-12-18)29-24(23(26)27)15-6-16-24/h2-5,7-9,11-14H,6,10,15-16H2,1H3,(H,26,27). The minimum Gasteiger partial charge on any atom is -0.478 e. The van der Waals surface area contributed by atoms with Crippen LogP contribution in [0.1, 0.15) is 36.3 Å². The molecule has 0 radical (unpaired) electrons. The largest absolute Gasteiger partial charge is 0.478 e. The normalized spacial score (nSPS) is 15.2. The Morgan fingerprint density at radius 1 is 1.17 bits per heavy atom. The highest BCUT2D eigenvalue weighted by atomic mass is 16.5. The van der Waals surface area contributed by atoms with Gasteiger partial charge in [-0.1, -0.05) is 42.5 Å². The molecule has 1 heterocycles. The third-order valence-electron chi connectivity index (χ3n) is 5.28. The average Bonchev–Trinajstić information content (AvgIpc) is 3.07. The van der Waals surface area contributed by atoms with E-state index in [9.17, 15) is 9.90 Å². The Morgan fingerprint density at radius 2 is 1.90 bits per heavy atom. The molecule has 1 aromatic heterocycles. The van der Waals surface area contributed by atoms with Crippen LogP contribution in [0.4, 0.5) is 0 Å². The fourth-order valence-electron chi connectivity index (χ4n) is 3.36. The molecule has 1 saturated carbocycles. The zero-order valence-electron chi connectivity index (χ0n) is 16.3. The lowest BCUT2D eigenvalue weighted by atomic mass is 9.80. The molecule has 0 atom stereocenters. The number of allylic oxidation sites excluding steroid dienone is 1. The molecule has 4 rings (SSSR count). The molecule has 3 aromatic rings. The van der Waals surface area contributed by atoms with Crippen molar-refractivity contribution in [3.63, 3.8) is 0 Å². The lowest BCUT2D eigenvalue weighted by Gasteiger charge is -2.37. The van der Waals surface area contributed by atoms with Gasteiger partial charge < -0.3 is 14.3 Å². The molecule has 0 unspecified atom stereocenters. The Balaban J connectivity index is 1.39. The van der Waals surface area contributed by atoms with Gasteiger partial charge in [0, 0.05) is 12.0 Å². The monoisotopic (exact) mass is 389 g/mol. The molecule has 1 aliphatic carbocycles. The molecule has 5 nitrogen and oxygen atoms in total. The van der Waals surface area contributed by atoms with Gasteiger partial charge in [0.15, 0.2) is 0 Å². The topological polar surface area (TPSA) is 72.6 Å². The van der Waals surface area contributed by atoms with Gasteiger partial charge >= 0.3 is 5.97 Å². The minimum atomic E-state index is -1.04. The maximum absolute atomic E-state index is 11.4. The molecular formula is C24H23NO4. The van der Waals surface area contributed by atoms with Gasteiger partial charge in [-0.05, 0) is 56.0 Å². The number of oxazole rings is 1. The van der Waals surface area contributed by atoms with Crippen LogP contribution in [0.5, 0.6) is 5.75 Å². The van der Waals surface area contributed by atoms with Gasteiger partial charge in [-0.3, -0.25) is 0 Å². The summed E-state index contributed by atoms with van der Waals surface area (Å²) in [6.45, 7) is 1.92. The summed E-state index contributed by atoms with van der Waals surface area (Å²) in [5.41, 5.74) is 1.85. The van der Waals surface area contributed by atoms with Crippen molar-refractivity contribution in [3.05, 3.63) is 77.7 Å². The number of benzene rings is 2. The Morgan fingerprint density at radius 3 is 2.52 bits per heavy atom. The van der Waals surface area contributed by atoms with Gasteiger partial charge in [-0.15, -0.1) is 0 Å². The highest BCUT2D eigenvalue weighted by Crippen LogP contribution is 2.37. The van der Waals surface area contributed by atoms with Crippen LogP contribution in [0.25, 0.3) is 17.5 Å². The minimum absolute atomic E-state index is 0.562. The molecule has 2 aromatic carbocycles. The van der Waals surface area contributed by atoms with Crippen LogP contribution in [-0.2, 0) is 11.2 Å². The van der Waals surface area contributed by atoms with Crippen molar-refractivity contribution in [2.75, 3.05) is 0 Å². The van der Waals surface area contributed by atoms with E-state index in [1.165, 1.54) is 0 Å². The van der Waals surface area contributed by atoms with E-state index in [4.69, 9.17) is 9.15 Å². The summed E-state index contributed by atoms with van der Waals surface area (Å²) in [6.07, 6.45) is 6.73. The predicted molar refractivity (Wildman–Crippen MR) is 111 cm³/mol. The van der Waals surface area contributed by atoms with E-state index in [1.54, 1.807) is 0 Å². The van der Waals surface area contributed by atoms with Gasteiger partial charge in [0.25, 0.3) is 0 Å². The Bertz CT molecular complexity index is 1010. The van der Waals surface area contributed by atoms with Crippen LogP contribution < -0.4 is 4.74 Å². The lowest BCUT2D eigenvalue weighted by molar-refractivity contribution is -0.163. The highest BCUT2D eigenvalue weighted by Gasteiger charge is 2.47. The van der Waals surface area contributed by atoms with Crippen molar-refractivity contribution >= 4 is 12.0 Å². The molecule has 1 fully saturated rings. The molecule has 148 valence electrons. The van der Waals surface area contributed by atoms with Crippen molar-refractivity contribution in [1.29, 1.82) is 0 Å². The first kappa shape index (κ1) is 19.0. The van der Waals surface area contributed by atoms with Crippen LogP contribution in [0.3, 0.4) is 0 Å². The number of carbonyl (C=O) groups is 1. The summed E-state index contributed by atoms with van der Waals surface area (Å²) in [5.74, 6) is 1.16. The number of carboxylic acids is 1. The zero-order chi connectivity index (χ0) is 20.3. The molecule has 0 amide bonds. The molecule has 1 aliphatic rings. The third kappa shape index (κ3) is 4.09. The Kier molecular flexibility index (Phi) is 5.21. The molecule has 1 N–H and O–H groups in total. The molecule has 0 aliphatic heterocycles. The molecule has 29 heavy (non-hydrogen) atoms. The summed E-state index contributed by atoms with van der Waals surface area (Å²) >= 11 is 0. The van der Waals surface area contributed by atoms with Gasteiger partial charge in [0.1, 0.15) is 11.5 Å². The van der Waals surface area contributed by atoms with Crippen molar-refractivity contribution in [2.45, 2.75) is 38.2 Å². The van der Waals surface area contributed by atoms with Crippen LogP contribution >= 0.6 is 0 Å². The SMILES string of the molecule is Cc1oc(-c2ccccc2)nc1CC=Cc1ccc(OC2(C(=O)O)CCC2)cc1. The lowest BCUT2D eigenvalue weighted by Crippen LogP contribution is -2.50. The molecule has 0 saturated heterocycles. The number of hydrogen-bond acceptors (Lipinski definition) is 4. The van der Waals surface area contributed by atoms with Crippen molar-refractivity contribution in [1.82, 2.24) is 4.98 Å². The maximum Gasteiger partial charge on any atom is 0.348 e. The van der Waals surface area contributed by atoms with Gasteiger partial charge in [-0.25, -0.2) is 9.78 Å². The van der Waals surface area contributed by atoms with Crippen LogP contribution in [-0.4, -0.2) is 21.7 Å². The average molecular weight is 389 g/mol. The summed E-state index contributed by atoms with van der Waals surface area (Å²) in [7, 11) is 0. The molecule has 0 spiro atoms. The van der Waals surface area contributed by atoms with Gasteiger partial charge in [0.05, 0.1) is 5.69 Å². The number of nitrogens with zero attached hydrogens (tertiary/aromatic N) is 1. The van der Waals surface area contributed by atoms with Gasteiger partial charge in [-0.2, -0.15) is 0 Å². The number of aryl methyl sites for hydroxylation is 1. The smallest absolute Gasteiger partial charge is 0.348 e. The fourth-order valence-corrected chi connectivity index (χ4v) is 3.36. The number of hydrogen-bond donors (Lipinski definition) is 1. The van der Waals surface area contributed by atoms with E-state index in [-0.39, 0.29) is 0 Å². The number of carboxylic acid groups (broad SMARTS) is 1. The van der Waals surface area contributed by atoms with Crippen LogP contribution in [0.15, 0.2) is 65.1 Å². The van der Waals surface area contributed by atoms with E-state index < -0.39 is 11.6 Å². The summed E-state index contributed by atoms with van der Waals surface area (Å²) in [5, 5.41) is 9.37. The quantitative estimate of drug-likeness (QED) is 0.594. The summed E-state index contributed by atoms with van der Waals surface area (Å²) in [4.78, 5) is 16.0. The number of aliphatic carboxylic acids is 1. The van der Waals surface area contributed by atoms with Crippen LogP contribution in [0.2, 0.25) is 0 Å². The first-order valence-electron chi connectivity index (χ1n) is 9.76. The van der Waals surface area contributed by atoms with E-state index in [0.717, 1.165) is 29.0 Å². The second kappa shape index (κ2) is 7.95. The van der Waals surface area contributed by atoms with Crippen molar-refractivity contribution in [3.8, 4) is 17.2 Å².